The van der Waals surface area contributed by atoms with Crippen molar-refractivity contribution in [1.29, 1.82) is 0 Å². The summed E-state index contributed by atoms with van der Waals surface area (Å²) in [5, 5.41) is 15.6. The van der Waals surface area contributed by atoms with Crippen LogP contribution in [0.25, 0.3) is 16.7 Å². The molecule has 2 aliphatic rings. The van der Waals surface area contributed by atoms with Gasteiger partial charge in [-0.1, -0.05) is 6.42 Å². The Bertz CT molecular complexity index is 1130. The molecule has 1 N–H and O–H groups in total. The number of piperidine rings is 1. The predicted octanol–water partition coefficient (Wildman–Crippen LogP) is 4.39. The zero-order valence-corrected chi connectivity index (χ0v) is 18.1. The van der Waals surface area contributed by atoms with E-state index in [2.05, 4.69) is 9.88 Å². The molecule has 2 aromatic heterocycles. The Balaban J connectivity index is 1.67. The first-order valence-corrected chi connectivity index (χ1v) is 11.2. The van der Waals surface area contributed by atoms with Crippen molar-refractivity contribution in [2.24, 2.45) is 5.92 Å². The Labute approximate surface area is 185 Å². The number of aromatic nitrogens is 3. The van der Waals surface area contributed by atoms with Crippen molar-refractivity contribution < 1.29 is 19.0 Å². The standard InChI is InChI=1S/C24H27FN4O3/c1-32-14-15-9-11-28(12-10-15)20-13-19(24(30)31)26-23-21(20)22(16-3-2-4-16)27-29(23)18-7-5-17(25)6-8-18/h5-8,13,15-16H,2-4,9-12,14H2,1H3,(H,30,31). The quantitative estimate of drug-likeness (QED) is 0.615. The van der Waals surface area contributed by atoms with E-state index < -0.39 is 5.97 Å². The average molecular weight is 439 g/mol. The van der Waals surface area contributed by atoms with E-state index in [4.69, 9.17) is 9.84 Å². The lowest BCUT2D eigenvalue weighted by Crippen LogP contribution is -2.35. The van der Waals surface area contributed by atoms with Crippen LogP contribution < -0.4 is 4.90 Å². The van der Waals surface area contributed by atoms with Crippen LogP contribution in [0.2, 0.25) is 0 Å². The van der Waals surface area contributed by atoms with Gasteiger partial charge < -0.3 is 14.7 Å². The lowest BCUT2D eigenvalue weighted by molar-refractivity contribution is 0.0691. The monoisotopic (exact) mass is 438 g/mol. The van der Waals surface area contributed by atoms with Crippen molar-refractivity contribution in [2.45, 2.75) is 38.0 Å². The fourth-order valence-electron chi connectivity index (χ4n) is 4.79. The second kappa shape index (κ2) is 8.50. The summed E-state index contributed by atoms with van der Waals surface area (Å²) in [6.07, 6.45) is 5.26. The van der Waals surface area contributed by atoms with Crippen LogP contribution in [0, 0.1) is 11.7 Å². The number of carboxylic acid groups (broad SMARTS) is 1. The molecule has 32 heavy (non-hydrogen) atoms. The molecule has 1 aromatic carbocycles. The number of pyridine rings is 1. The van der Waals surface area contributed by atoms with Crippen molar-refractivity contribution in [3.63, 3.8) is 0 Å². The van der Waals surface area contributed by atoms with Gasteiger partial charge in [0.25, 0.3) is 0 Å². The van der Waals surface area contributed by atoms with Gasteiger partial charge in [-0.15, -0.1) is 0 Å². The first-order valence-electron chi connectivity index (χ1n) is 11.2. The third-order valence-corrected chi connectivity index (χ3v) is 6.78. The summed E-state index contributed by atoms with van der Waals surface area (Å²) in [4.78, 5) is 18.7. The third-order valence-electron chi connectivity index (χ3n) is 6.78. The molecular weight excluding hydrogens is 411 g/mol. The van der Waals surface area contributed by atoms with Gasteiger partial charge in [-0.2, -0.15) is 5.10 Å². The van der Waals surface area contributed by atoms with Gasteiger partial charge in [0.1, 0.15) is 5.82 Å². The first-order chi connectivity index (χ1) is 15.5. The largest absolute Gasteiger partial charge is 0.477 e. The van der Waals surface area contributed by atoms with E-state index in [0.29, 0.717) is 23.2 Å². The van der Waals surface area contributed by atoms with E-state index in [1.165, 1.54) is 12.1 Å². The van der Waals surface area contributed by atoms with E-state index >= 15 is 0 Å². The molecule has 1 aliphatic carbocycles. The van der Waals surface area contributed by atoms with Crippen LogP contribution >= 0.6 is 0 Å². The summed E-state index contributed by atoms with van der Waals surface area (Å²) in [7, 11) is 1.73. The number of ether oxygens (including phenoxy) is 1. The Morgan fingerprint density at radius 1 is 1.19 bits per heavy atom. The molecule has 7 nitrogen and oxygen atoms in total. The zero-order chi connectivity index (χ0) is 22.2. The van der Waals surface area contributed by atoms with E-state index in [-0.39, 0.29) is 11.5 Å². The lowest BCUT2D eigenvalue weighted by atomic mass is 9.82. The molecule has 5 rings (SSSR count). The van der Waals surface area contributed by atoms with Gasteiger partial charge >= 0.3 is 5.97 Å². The summed E-state index contributed by atoms with van der Waals surface area (Å²) in [6.45, 7) is 2.41. The molecule has 0 radical (unpaired) electrons. The molecule has 8 heteroatoms. The van der Waals surface area contributed by atoms with Gasteiger partial charge in [0.2, 0.25) is 0 Å². The van der Waals surface area contributed by atoms with Crippen LogP contribution in [0.15, 0.2) is 30.3 Å². The molecule has 0 spiro atoms. The molecule has 1 saturated heterocycles. The van der Waals surface area contributed by atoms with E-state index in [1.807, 2.05) is 0 Å². The lowest BCUT2D eigenvalue weighted by Gasteiger charge is -2.34. The van der Waals surface area contributed by atoms with Crippen LogP contribution in [0.5, 0.6) is 0 Å². The number of carbonyl (C=O) groups is 1. The first kappa shape index (κ1) is 20.9. The van der Waals surface area contributed by atoms with Crippen LogP contribution in [-0.2, 0) is 4.74 Å². The maximum Gasteiger partial charge on any atom is 0.354 e. The maximum absolute atomic E-state index is 13.5. The summed E-state index contributed by atoms with van der Waals surface area (Å²) in [6, 6.07) is 7.76. The molecule has 0 bridgehead atoms. The molecule has 0 unspecified atom stereocenters. The minimum absolute atomic E-state index is 0.00469. The predicted molar refractivity (Wildman–Crippen MR) is 119 cm³/mol. The number of nitrogens with zero attached hydrogens (tertiary/aromatic N) is 4. The molecule has 1 saturated carbocycles. The number of rotatable bonds is 6. The van der Waals surface area contributed by atoms with Gasteiger partial charge in [-0.05, 0) is 61.9 Å². The summed E-state index contributed by atoms with van der Waals surface area (Å²) in [5.41, 5.74) is 3.04. The van der Waals surface area contributed by atoms with Crippen molar-refractivity contribution >= 4 is 22.7 Å². The topological polar surface area (TPSA) is 80.5 Å². The number of methoxy groups -OCH3 is 1. The van der Waals surface area contributed by atoms with Gasteiger partial charge in [0.15, 0.2) is 11.3 Å². The zero-order valence-electron chi connectivity index (χ0n) is 18.1. The number of fused-ring (bicyclic) bond motifs is 1. The summed E-state index contributed by atoms with van der Waals surface area (Å²) < 4.78 is 20.5. The molecular formula is C24H27FN4O3. The molecule has 168 valence electrons. The number of halogens is 1. The fraction of sp³-hybridized carbons (Fsp3) is 0.458. The summed E-state index contributed by atoms with van der Waals surface area (Å²) >= 11 is 0. The van der Waals surface area contributed by atoms with E-state index in [1.54, 1.807) is 30.0 Å². The van der Waals surface area contributed by atoms with E-state index in [9.17, 15) is 14.3 Å². The molecule has 3 heterocycles. The van der Waals surface area contributed by atoms with Gasteiger partial charge in [0.05, 0.1) is 22.5 Å². The van der Waals surface area contributed by atoms with Gasteiger partial charge in [-0.3, -0.25) is 0 Å². The number of anilines is 1. The van der Waals surface area contributed by atoms with Crippen LogP contribution in [0.3, 0.4) is 0 Å². The Hall–Kier alpha value is -3.00. The van der Waals surface area contributed by atoms with Crippen molar-refractivity contribution in [2.75, 3.05) is 31.7 Å². The average Bonchev–Trinajstić information content (AvgIpc) is 3.12. The highest BCUT2D eigenvalue weighted by atomic mass is 19.1. The van der Waals surface area contributed by atoms with Crippen molar-refractivity contribution in [3.8, 4) is 5.69 Å². The molecule has 0 atom stereocenters. The van der Waals surface area contributed by atoms with Gasteiger partial charge in [0, 0.05) is 32.7 Å². The molecule has 2 fully saturated rings. The normalized spacial score (nSPS) is 17.6. The Morgan fingerprint density at radius 2 is 1.91 bits per heavy atom. The second-order valence-corrected chi connectivity index (χ2v) is 8.82. The van der Waals surface area contributed by atoms with Crippen LogP contribution in [0.4, 0.5) is 10.1 Å². The third kappa shape index (κ3) is 3.72. The minimum Gasteiger partial charge on any atom is -0.477 e. The highest BCUT2D eigenvalue weighted by Crippen LogP contribution is 2.43. The molecule has 0 amide bonds. The Morgan fingerprint density at radius 3 is 2.50 bits per heavy atom. The minimum atomic E-state index is -1.07. The number of aromatic carboxylic acids is 1. The summed E-state index contributed by atoms with van der Waals surface area (Å²) in [5.74, 6) is -0.551. The van der Waals surface area contributed by atoms with E-state index in [0.717, 1.165) is 68.6 Å². The highest BCUT2D eigenvalue weighted by molar-refractivity contribution is 5.98. The smallest absolute Gasteiger partial charge is 0.354 e. The van der Waals surface area contributed by atoms with Crippen molar-refractivity contribution in [1.82, 2.24) is 14.8 Å². The Kier molecular flexibility index (Phi) is 5.55. The maximum atomic E-state index is 13.5. The number of benzene rings is 1. The van der Waals surface area contributed by atoms with Crippen molar-refractivity contribution in [3.05, 3.63) is 47.5 Å². The van der Waals surface area contributed by atoms with Crippen LogP contribution in [-0.4, -0.2) is 52.6 Å². The molecule has 1 aliphatic heterocycles. The SMILES string of the molecule is COCC1CCN(c2cc(C(=O)O)nc3c2c(C2CCC2)nn3-c2ccc(F)cc2)CC1. The molecule has 3 aromatic rings. The number of hydrogen-bond donors (Lipinski definition) is 1. The van der Waals surface area contributed by atoms with Crippen LogP contribution in [0.1, 0.15) is 54.2 Å². The fourth-order valence-corrected chi connectivity index (χ4v) is 4.79. The second-order valence-electron chi connectivity index (χ2n) is 8.82. The number of hydrogen-bond acceptors (Lipinski definition) is 5. The van der Waals surface area contributed by atoms with Gasteiger partial charge in [-0.25, -0.2) is 18.9 Å². The highest BCUT2D eigenvalue weighted by Gasteiger charge is 2.31. The number of carboxylic acids is 1.